The molecule has 4 N–H and O–H groups in total. The summed E-state index contributed by atoms with van der Waals surface area (Å²) in [5.41, 5.74) is 5.42. The number of aliphatic carboxylic acids is 2. The Morgan fingerprint density at radius 1 is 1.22 bits per heavy atom. The molecule has 0 unspecified atom stereocenters. The zero-order valence-corrected chi connectivity index (χ0v) is 10.4. The third-order valence-electron chi connectivity index (χ3n) is 2.29. The molecule has 5 nitrogen and oxygen atoms in total. The lowest BCUT2D eigenvalue weighted by molar-refractivity contribution is -0.192. The van der Waals surface area contributed by atoms with E-state index in [1.165, 1.54) is 0 Å². The Bertz CT molecular complexity index is 289. The average molecular weight is 273 g/mol. The van der Waals surface area contributed by atoms with Gasteiger partial charge >= 0.3 is 18.1 Å². The maximum absolute atomic E-state index is 10.6. The molecule has 0 aromatic rings. The van der Waals surface area contributed by atoms with Crippen molar-refractivity contribution in [2.45, 2.75) is 45.8 Å². The SMILES string of the molecule is CCC(C)(C)C[C@H](N)C(=O)O.O=C(O)C(F)(F)F. The maximum atomic E-state index is 10.6. The second-order valence-electron chi connectivity index (χ2n) is 4.47. The number of hydrogen-bond acceptors (Lipinski definition) is 3. The highest BCUT2D eigenvalue weighted by molar-refractivity contribution is 5.73. The molecule has 0 aliphatic carbocycles. The Labute approximate surface area is 103 Å². The van der Waals surface area contributed by atoms with E-state index in [1.807, 2.05) is 20.8 Å². The van der Waals surface area contributed by atoms with E-state index < -0.39 is 24.2 Å². The summed E-state index contributed by atoms with van der Waals surface area (Å²) < 4.78 is 31.7. The number of rotatable bonds is 4. The Morgan fingerprint density at radius 3 is 1.72 bits per heavy atom. The zero-order valence-electron chi connectivity index (χ0n) is 10.4. The van der Waals surface area contributed by atoms with Crippen LogP contribution in [0.4, 0.5) is 13.2 Å². The lowest BCUT2D eigenvalue weighted by Crippen LogP contribution is -2.34. The van der Waals surface area contributed by atoms with Gasteiger partial charge in [0.2, 0.25) is 0 Å². The maximum Gasteiger partial charge on any atom is 0.490 e. The van der Waals surface area contributed by atoms with Crippen molar-refractivity contribution >= 4 is 11.9 Å². The summed E-state index contributed by atoms with van der Waals surface area (Å²) in [7, 11) is 0. The van der Waals surface area contributed by atoms with Gasteiger partial charge in [0.25, 0.3) is 0 Å². The summed E-state index contributed by atoms with van der Waals surface area (Å²) >= 11 is 0. The van der Waals surface area contributed by atoms with Crippen LogP contribution in [0.5, 0.6) is 0 Å². The van der Waals surface area contributed by atoms with Crippen molar-refractivity contribution in [1.82, 2.24) is 0 Å². The molecule has 0 bridgehead atoms. The van der Waals surface area contributed by atoms with E-state index in [9.17, 15) is 18.0 Å². The Kier molecular flexibility index (Phi) is 7.61. The molecular weight excluding hydrogens is 255 g/mol. The molecule has 0 aromatic heterocycles. The van der Waals surface area contributed by atoms with Crippen LogP contribution in [0.15, 0.2) is 0 Å². The average Bonchev–Trinajstić information content (AvgIpc) is 2.16. The summed E-state index contributed by atoms with van der Waals surface area (Å²) in [5.74, 6) is -3.67. The molecule has 1 atom stereocenters. The highest BCUT2D eigenvalue weighted by Crippen LogP contribution is 2.25. The zero-order chi connectivity index (χ0) is 15.1. The van der Waals surface area contributed by atoms with Crippen LogP contribution in [-0.4, -0.2) is 34.4 Å². The fraction of sp³-hybridized carbons (Fsp3) is 0.800. The van der Waals surface area contributed by atoms with Crippen LogP contribution >= 0.6 is 0 Å². The molecule has 0 heterocycles. The van der Waals surface area contributed by atoms with Crippen molar-refractivity contribution in [2.75, 3.05) is 0 Å². The second kappa shape index (κ2) is 7.20. The summed E-state index contributed by atoms with van der Waals surface area (Å²) in [6.07, 6.45) is -3.59. The number of alkyl halides is 3. The van der Waals surface area contributed by atoms with E-state index in [1.54, 1.807) is 0 Å². The third kappa shape index (κ3) is 9.88. The molecule has 0 aromatic carbocycles. The van der Waals surface area contributed by atoms with Crippen molar-refractivity contribution in [3.8, 4) is 0 Å². The quantitative estimate of drug-likeness (QED) is 0.725. The minimum absolute atomic E-state index is 0.0395. The number of carboxylic acid groups (broad SMARTS) is 2. The highest BCUT2D eigenvalue weighted by Gasteiger charge is 2.38. The molecule has 0 radical (unpaired) electrons. The third-order valence-corrected chi connectivity index (χ3v) is 2.29. The molecule has 0 aliphatic heterocycles. The molecule has 108 valence electrons. The van der Waals surface area contributed by atoms with Crippen LogP contribution in [-0.2, 0) is 9.59 Å². The normalized spacial score (nSPS) is 13.3. The van der Waals surface area contributed by atoms with Crippen LogP contribution in [0.2, 0.25) is 0 Å². The Balaban J connectivity index is 0. The van der Waals surface area contributed by atoms with E-state index in [2.05, 4.69) is 0 Å². The summed E-state index contributed by atoms with van der Waals surface area (Å²) in [4.78, 5) is 19.3. The first-order chi connectivity index (χ1) is 7.83. The number of halogens is 3. The molecule has 0 spiro atoms. The number of hydrogen-bond donors (Lipinski definition) is 3. The van der Waals surface area contributed by atoms with Crippen LogP contribution in [0.3, 0.4) is 0 Å². The Morgan fingerprint density at radius 2 is 1.56 bits per heavy atom. The predicted octanol–water partition coefficient (Wildman–Crippen LogP) is 1.86. The minimum atomic E-state index is -5.08. The monoisotopic (exact) mass is 273 g/mol. The van der Waals surface area contributed by atoms with Crippen LogP contribution < -0.4 is 5.73 Å². The second-order valence-corrected chi connectivity index (χ2v) is 4.47. The fourth-order valence-corrected chi connectivity index (χ4v) is 0.827. The minimum Gasteiger partial charge on any atom is -0.480 e. The largest absolute Gasteiger partial charge is 0.490 e. The van der Waals surface area contributed by atoms with Crippen molar-refractivity contribution in [3.05, 3.63) is 0 Å². The van der Waals surface area contributed by atoms with Crippen LogP contribution in [0, 0.1) is 5.41 Å². The molecule has 0 amide bonds. The Hall–Kier alpha value is -1.31. The molecule has 0 fully saturated rings. The lowest BCUT2D eigenvalue weighted by atomic mass is 9.83. The lowest BCUT2D eigenvalue weighted by Gasteiger charge is -2.24. The fourth-order valence-electron chi connectivity index (χ4n) is 0.827. The van der Waals surface area contributed by atoms with Crippen molar-refractivity contribution in [2.24, 2.45) is 11.1 Å². The van der Waals surface area contributed by atoms with Crippen molar-refractivity contribution in [1.29, 1.82) is 0 Å². The van der Waals surface area contributed by atoms with E-state index in [4.69, 9.17) is 20.7 Å². The van der Waals surface area contributed by atoms with Gasteiger partial charge in [-0.25, -0.2) is 4.79 Å². The van der Waals surface area contributed by atoms with Gasteiger partial charge in [-0.2, -0.15) is 13.2 Å². The summed E-state index contributed by atoms with van der Waals surface area (Å²) in [6.45, 7) is 6.08. The van der Waals surface area contributed by atoms with Gasteiger partial charge in [-0.1, -0.05) is 27.2 Å². The van der Waals surface area contributed by atoms with E-state index in [0.717, 1.165) is 6.42 Å². The van der Waals surface area contributed by atoms with E-state index >= 15 is 0 Å². The molecular formula is C10H18F3NO4. The predicted molar refractivity (Wildman–Crippen MR) is 58.0 cm³/mol. The van der Waals surface area contributed by atoms with Gasteiger partial charge in [-0.05, 0) is 11.8 Å². The summed E-state index contributed by atoms with van der Waals surface area (Å²) in [6, 6.07) is -0.718. The molecule has 0 rings (SSSR count). The van der Waals surface area contributed by atoms with Gasteiger partial charge in [0.1, 0.15) is 6.04 Å². The highest BCUT2D eigenvalue weighted by atomic mass is 19.4. The van der Waals surface area contributed by atoms with Gasteiger partial charge < -0.3 is 15.9 Å². The van der Waals surface area contributed by atoms with Crippen LogP contribution in [0.25, 0.3) is 0 Å². The molecule has 0 saturated carbocycles. The standard InChI is InChI=1S/C8H17NO2.C2HF3O2/c1-4-8(2,3)5-6(9)7(10)11;3-2(4,5)1(6)7/h6H,4-5,9H2,1-3H3,(H,10,11);(H,6,7)/t6-;/m0./s1. The van der Waals surface area contributed by atoms with Crippen LogP contribution in [0.1, 0.15) is 33.6 Å². The first-order valence-electron chi connectivity index (χ1n) is 5.12. The van der Waals surface area contributed by atoms with Gasteiger partial charge in [-0.15, -0.1) is 0 Å². The topological polar surface area (TPSA) is 101 Å². The van der Waals surface area contributed by atoms with Gasteiger partial charge in [0.15, 0.2) is 0 Å². The van der Waals surface area contributed by atoms with Gasteiger partial charge in [-0.3, -0.25) is 4.79 Å². The molecule has 8 heteroatoms. The first-order valence-corrected chi connectivity index (χ1v) is 5.12. The van der Waals surface area contributed by atoms with Crippen molar-refractivity contribution in [3.63, 3.8) is 0 Å². The van der Waals surface area contributed by atoms with Gasteiger partial charge in [0.05, 0.1) is 0 Å². The summed E-state index contributed by atoms with van der Waals surface area (Å²) in [5, 5.41) is 15.6. The first kappa shape index (κ1) is 19.0. The number of nitrogens with two attached hydrogens (primary N) is 1. The van der Waals surface area contributed by atoms with E-state index in [0.29, 0.717) is 6.42 Å². The number of carbonyl (C=O) groups is 2. The smallest absolute Gasteiger partial charge is 0.480 e. The molecule has 0 aliphatic rings. The number of carboxylic acids is 2. The van der Waals surface area contributed by atoms with Crippen molar-refractivity contribution < 1.29 is 33.0 Å². The van der Waals surface area contributed by atoms with E-state index in [-0.39, 0.29) is 5.41 Å². The van der Waals surface area contributed by atoms with Gasteiger partial charge in [0, 0.05) is 0 Å². The molecule has 0 saturated heterocycles. The molecule has 18 heavy (non-hydrogen) atoms.